The first kappa shape index (κ1) is 14.4. The van der Waals surface area contributed by atoms with E-state index in [0.717, 1.165) is 11.5 Å². The lowest BCUT2D eigenvalue weighted by Gasteiger charge is -1.98. The van der Waals surface area contributed by atoms with E-state index in [1.165, 1.54) is 0 Å². The van der Waals surface area contributed by atoms with Crippen LogP contribution in [0.1, 0.15) is 5.82 Å². The molecule has 98 valence electrons. The molecular formula is C8H10N4O4S2. The molecule has 0 aliphatic heterocycles. The Bertz CT molecular complexity index is 448. The Kier molecular flexibility index (Phi) is 6.08. The molecule has 0 spiro atoms. The molecule has 0 aliphatic carbocycles. The van der Waals surface area contributed by atoms with Gasteiger partial charge in [0, 0.05) is 17.3 Å². The van der Waals surface area contributed by atoms with E-state index in [4.69, 9.17) is 9.94 Å². The van der Waals surface area contributed by atoms with Crippen LogP contribution in [-0.2, 0) is 14.4 Å². The highest BCUT2D eigenvalue weighted by Crippen LogP contribution is 2.11. The number of anilines is 1. The van der Waals surface area contributed by atoms with Crippen LogP contribution < -0.4 is 5.32 Å². The first-order chi connectivity index (χ1) is 8.69. The zero-order valence-electron chi connectivity index (χ0n) is 9.32. The minimum atomic E-state index is -1.30. The molecule has 0 aromatic carbocycles. The number of oxime groups is 1. The molecule has 1 aromatic rings. The predicted octanol–water partition coefficient (Wildman–Crippen LogP) is 0.275. The van der Waals surface area contributed by atoms with E-state index in [1.807, 2.05) is 6.26 Å². The third kappa shape index (κ3) is 4.30. The maximum absolute atomic E-state index is 10.9. The Morgan fingerprint density at radius 3 is 3.11 bits per heavy atom. The molecular weight excluding hydrogens is 280 g/mol. The topological polar surface area (TPSA) is 114 Å². The Morgan fingerprint density at radius 2 is 2.50 bits per heavy atom. The van der Waals surface area contributed by atoms with E-state index in [9.17, 15) is 9.59 Å². The number of amides is 1. The van der Waals surface area contributed by atoms with Crippen LogP contribution >= 0.6 is 23.3 Å². The van der Waals surface area contributed by atoms with Gasteiger partial charge in [0.1, 0.15) is 6.61 Å². The van der Waals surface area contributed by atoms with Crippen LogP contribution in [0, 0.1) is 0 Å². The summed E-state index contributed by atoms with van der Waals surface area (Å²) >= 11 is 2.40. The second kappa shape index (κ2) is 7.61. The summed E-state index contributed by atoms with van der Waals surface area (Å²) in [6, 6.07) is 0. The highest BCUT2D eigenvalue weighted by atomic mass is 32.2. The van der Waals surface area contributed by atoms with Gasteiger partial charge in [-0.15, -0.1) is 0 Å². The fraction of sp³-hybridized carbons (Fsp3) is 0.375. The standard InChI is InChI=1S/C8H10N4O4S2/c1-17-3-2-16-11-5(7(14)15)6-10-8(9-4-13)18-12-6/h4H,2-3H2,1H3,(H,14,15)(H,9,10,12,13). The lowest BCUT2D eigenvalue weighted by atomic mass is 10.4. The number of carbonyl (C=O) groups is 2. The first-order valence-electron chi connectivity index (χ1n) is 4.65. The van der Waals surface area contributed by atoms with Crippen molar-refractivity contribution in [3.8, 4) is 0 Å². The van der Waals surface area contributed by atoms with Crippen LogP contribution in [0.25, 0.3) is 0 Å². The van der Waals surface area contributed by atoms with Crippen LogP contribution in [0.15, 0.2) is 5.16 Å². The number of aliphatic carboxylic acids is 1. The first-order valence-corrected chi connectivity index (χ1v) is 6.82. The molecule has 1 amide bonds. The molecule has 0 unspecified atom stereocenters. The SMILES string of the molecule is CSCCON=C(C(=O)O)c1nsc(NC=O)n1. The molecule has 18 heavy (non-hydrogen) atoms. The summed E-state index contributed by atoms with van der Waals surface area (Å²) < 4.78 is 3.77. The summed E-state index contributed by atoms with van der Waals surface area (Å²) in [5.41, 5.74) is -0.397. The highest BCUT2D eigenvalue weighted by Gasteiger charge is 2.19. The lowest BCUT2D eigenvalue weighted by molar-refractivity contribution is -0.129. The van der Waals surface area contributed by atoms with Gasteiger partial charge in [-0.1, -0.05) is 5.16 Å². The molecule has 8 nitrogen and oxygen atoms in total. The zero-order valence-corrected chi connectivity index (χ0v) is 11.0. The van der Waals surface area contributed by atoms with Crippen molar-refractivity contribution in [2.24, 2.45) is 5.16 Å². The largest absolute Gasteiger partial charge is 0.476 e. The van der Waals surface area contributed by atoms with Gasteiger partial charge in [-0.05, 0) is 6.26 Å². The molecule has 1 rings (SSSR count). The van der Waals surface area contributed by atoms with Crippen molar-refractivity contribution >= 4 is 46.5 Å². The Balaban J connectivity index is 2.76. The normalized spacial score (nSPS) is 11.1. The molecule has 0 radical (unpaired) electrons. The molecule has 0 saturated carbocycles. The summed E-state index contributed by atoms with van der Waals surface area (Å²) in [7, 11) is 0. The maximum atomic E-state index is 10.9. The summed E-state index contributed by atoms with van der Waals surface area (Å²) in [5.74, 6) is -0.700. The molecule has 0 aliphatic rings. The molecule has 0 bridgehead atoms. The minimum absolute atomic E-state index is 0.0963. The highest BCUT2D eigenvalue weighted by molar-refractivity contribution is 7.98. The third-order valence-electron chi connectivity index (χ3n) is 1.56. The van der Waals surface area contributed by atoms with Gasteiger partial charge >= 0.3 is 5.97 Å². The Morgan fingerprint density at radius 1 is 1.72 bits per heavy atom. The van der Waals surface area contributed by atoms with Crippen LogP contribution in [0.2, 0.25) is 0 Å². The second-order valence-corrected chi connectivity index (χ2v) is 4.49. The zero-order chi connectivity index (χ0) is 13.4. The molecule has 0 saturated heterocycles. The van der Waals surface area contributed by atoms with Crippen molar-refractivity contribution in [1.29, 1.82) is 0 Å². The van der Waals surface area contributed by atoms with Crippen LogP contribution in [0.5, 0.6) is 0 Å². The number of nitrogens with zero attached hydrogens (tertiary/aromatic N) is 3. The molecule has 1 heterocycles. The number of carboxylic acid groups (broad SMARTS) is 1. The van der Waals surface area contributed by atoms with Crippen LogP contribution in [-0.4, -0.2) is 51.2 Å². The van der Waals surface area contributed by atoms with E-state index in [0.29, 0.717) is 18.8 Å². The van der Waals surface area contributed by atoms with Gasteiger partial charge in [-0.2, -0.15) is 21.1 Å². The summed E-state index contributed by atoms with van der Waals surface area (Å²) in [4.78, 5) is 29.8. The smallest absolute Gasteiger partial charge is 0.362 e. The van der Waals surface area contributed by atoms with Gasteiger partial charge in [0.15, 0.2) is 0 Å². The number of rotatable bonds is 8. The average molecular weight is 290 g/mol. The lowest BCUT2D eigenvalue weighted by Crippen LogP contribution is -2.17. The van der Waals surface area contributed by atoms with Crippen molar-refractivity contribution < 1.29 is 19.5 Å². The van der Waals surface area contributed by atoms with Gasteiger partial charge in [0.25, 0.3) is 0 Å². The molecule has 0 atom stereocenters. The molecule has 0 fully saturated rings. The number of nitrogens with one attached hydrogen (secondary N) is 1. The van der Waals surface area contributed by atoms with Crippen LogP contribution in [0.3, 0.4) is 0 Å². The van der Waals surface area contributed by atoms with E-state index >= 15 is 0 Å². The van der Waals surface area contributed by atoms with Gasteiger partial charge in [-0.25, -0.2) is 4.79 Å². The molecule has 2 N–H and O–H groups in total. The molecule has 1 aromatic heterocycles. The van der Waals surface area contributed by atoms with E-state index in [1.54, 1.807) is 11.8 Å². The van der Waals surface area contributed by atoms with E-state index < -0.39 is 11.7 Å². The Labute approximate surface area is 111 Å². The monoisotopic (exact) mass is 290 g/mol. The molecule has 10 heteroatoms. The number of aromatic nitrogens is 2. The van der Waals surface area contributed by atoms with Crippen molar-refractivity contribution in [1.82, 2.24) is 9.36 Å². The van der Waals surface area contributed by atoms with Gasteiger partial charge in [0.2, 0.25) is 23.1 Å². The average Bonchev–Trinajstić information content (AvgIpc) is 2.77. The fourth-order valence-electron chi connectivity index (χ4n) is 0.835. The minimum Gasteiger partial charge on any atom is -0.476 e. The second-order valence-electron chi connectivity index (χ2n) is 2.76. The van der Waals surface area contributed by atoms with Crippen molar-refractivity contribution in [2.75, 3.05) is 23.9 Å². The quantitative estimate of drug-likeness (QED) is 0.306. The van der Waals surface area contributed by atoms with E-state index in [-0.39, 0.29) is 11.0 Å². The summed E-state index contributed by atoms with van der Waals surface area (Å²) in [6.07, 6.45) is 2.32. The Hall–Kier alpha value is -1.68. The summed E-state index contributed by atoms with van der Waals surface area (Å²) in [6.45, 7) is 0.293. The number of hydrogen-bond donors (Lipinski definition) is 2. The fourth-order valence-corrected chi connectivity index (χ4v) is 1.60. The van der Waals surface area contributed by atoms with Gasteiger partial charge in [0.05, 0.1) is 0 Å². The van der Waals surface area contributed by atoms with Gasteiger partial charge < -0.3 is 15.3 Å². The van der Waals surface area contributed by atoms with Crippen LogP contribution in [0.4, 0.5) is 5.13 Å². The maximum Gasteiger partial charge on any atom is 0.362 e. The number of thioether (sulfide) groups is 1. The number of carboxylic acids is 1. The predicted molar refractivity (Wildman–Crippen MR) is 68.1 cm³/mol. The third-order valence-corrected chi connectivity index (χ3v) is 2.78. The van der Waals surface area contributed by atoms with Crippen molar-refractivity contribution in [3.63, 3.8) is 0 Å². The van der Waals surface area contributed by atoms with Gasteiger partial charge in [-0.3, -0.25) is 4.79 Å². The van der Waals surface area contributed by atoms with Crippen molar-refractivity contribution in [3.05, 3.63) is 5.82 Å². The number of carbonyl (C=O) groups excluding carboxylic acids is 1. The van der Waals surface area contributed by atoms with E-state index in [2.05, 4.69) is 19.8 Å². The number of hydrogen-bond acceptors (Lipinski definition) is 8. The van der Waals surface area contributed by atoms with Crippen molar-refractivity contribution in [2.45, 2.75) is 0 Å². The summed E-state index contributed by atoms with van der Waals surface area (Å²) in [5, 5.41) is 14.9.